The molecule has 0 unspecified atom stereocenters. The Hall–Kier alpha value is -1.02. The fourth-order valence-corrected chi connectivity index (χ4v) is 1.55. The van der Waals surface area contributed by atoms with Crippen molar-refractivity contribution in [1.29, 1.82) is 0 Å². The lowest BCUT2D eigenvalue weighted by molar-refractivity contribution is 0.268. The minimum Gasteiger partial charge on any atom is -0.493 e. The van der Waals surface area contributed by atoms with Crippen LogP contribution in [0.25, 0.3) is 0 Å². The summed E-state index contributed by atoms with van der Waals surface area (Å²) in [5.41, 5.74) is 3.19. The molecule has 1 N–H and O–H groups in total. The van der Waals surface area contributed by atoms with Crippen LogP contribution in [0.1, 0.15) is 30.5 Å². The zero-order valence-electron chi connectivity index (χ0n) is 10.0. The number of rotatable bonds is 4. The Labute approximate surface area is 91.9 Å². The maximum Gasteiger partial charge on any atom is 0.119 e. The number of aryl methyl sites for hydroxylation is 2. The lowest BCUT2D eigenvalue weighted by Crippen LogP contribution is -2.05. The highest BCUT2D eigenvalue weighted by Gasteiger charge is 2.05. The van der Waals surface area contributed by atoms with E-state index in [1.165, 1.54) is 0 Å². The van der Waals surface area contributed by atoms with E-state index < -0.39 is 0 Å². The first-order chi connectivity index (χ1) is 7.04. The lowest BCUT2D eigenvalue weighted by Gasteiger charge is -2.13. The Bertz CT molecular complexity index is 306. The zero-order chi connectivity index (χ0) is 11.4. The van der Waals surface area contributed by atoms with Crippen molar-refractivity contribution in [1.82, 2.24) is 0 Å². The Kier molecular flexibility index (Phi) is 4.15. The molecule has 0 saturated heterocycles. The second-order valence-corrected chi connectivity index (χ2v) is 4.40. The maximum absolute atomic E-state index is 9.17. The summed E-state index contributed by atoms with van der Waals surface area (Å²) in [5.74, 6) is 1.43. The number of aliphatic hydroxyl groups excluding tert-OH is 1. The van der Waals surface area contributed by atoms with Crippen LogP contribution in [-0.2, 0) is 6.61 Å². The van der Waals surface area contributed by atoms with Gasteiger partial charge in [-0.15, -0.1) is 0 Å². The molecule has 0 aromatic heterocycles. The summed E-state index contributed by atoms with van der Waals surface area (Å²) in [6.45, 7) is 9.09. The van der Waals surface area contributed by atoms with Crippen LogP contribution in [0.3, 0.4) is 0 Å². The average Bonchev–Trinajstić information content (AvgIpc) is 2.14. The molecule has 2 nitrogen and oxygen atoms in total. The molecule has 0 aliphatic carbocycles. The number of benzene rings is 1. The molecule has 0 heterocycles. The highest BCUT2D eigenvalue weighted by molar-refractivity contribution is 5.40. The van der Waals surface area contributed by atoms with Gasteiger partial charge in [-0.1, -0.05) is 13.8 Å². The zero-order valence-corrected chi connectivity index (χ0v) is 10.0. The first-order valence-corrected chi connectivity index (χ1v) is 5.38. The van der Waals surface area contributed by atoms with Crippen molar-refractivity contribution in [2.75, 3.05) is 6.61 Å². The Balaban J connectivity index is 2.84. The van der Waals surface area contributed by atoms with Crippen LogP contribution in [-0.4, -0.2) is 11.7 Å². The van der Waals surface area contributed by atoms with E-state index in [1.54, 1.807) is 0 Å². The standard InChI is InChI=1S/C13H20O2/c1-9(2)8-15-12-5-10(3)13(7-14)11(4)6-12/h5-6,9,14H,7-8H2,1-4H3. The second-order valence-electron chi connectivity index (χ2n) is 4.40. The molecule has 2 heteroatoms. The van der Waals surface area contributed by atoms with E-state index in [4.69, 9.17) is 9.84 Å². The summed E-state index contributed by atoms with van der Waals surface area (Å²) in [5, 5.41) is 9.17. The summed E-state index contributed by atoms with van der Waals surface area (Å²) in [4.78, 5) is 0. The maximum atomic E-state index is 9.17. The highest BCUT2D eigenvalue weighted by atomic mass is 16.5. The molecule has 1 aromatic rings. The molecule has 1 aromatic carbocycles. The van der Waals surface area contributed by atoms with Crippen molar-refractivity contribution in [3.05, 3.63) is 28.8 Å². The van der Waals surface area contributed by atoms with E-state index in [9.17, 15) is 0 Å². The van der Waals surface area contributed by atoms with Gasteiger partial charge in [0.1, 0.15) is 5.75 Å². The molecular weight excluding hydrogens is 188 g/mol. The van der Waals surface area contributed by atoms with Crippen molar-refractivity contribution in [2.45, 2.75) is 34.3 Å². The first kappa shape index (κ1) is 12.1. The van der Waals surface area contributed by atoms with Crippen LogP contribution in [0, 0.1) is 19.8 Å². The van der Waals surface area contributed by atoms with E-state index in [2.05, 4.69) is 13.8 Å². The molecule has 0 bridgehead atoms. The third-order valence-corrected chi connectivity index (χ3v) is 2.41. The molecule has 0 amide bonds. The summed E-state index contributed by atoms with van der Waals surface area (Å²) in [6, 6.07) is 3.97. The fourth-order valence-electron chi connectivity index (χ4n) is 1.55. The highest BCUT2D eigenvalue weighted by Crippen LogP contribution is 2.22. The molecule has 0 aliphatic rings. The Morgan fingerprint density at radius 3 is 2.13 bits per heavy atom. The van der Waals surface area contributed by atoms with Crippen LogP contribution in [0.5, 0.6) is 5.75 Å². The third kappa shape index (κ3) is 3.24. The summed E-state index contributed by atoms with van der Waals surface area (Å²) >= 11 is 0. The van der Waals surface area contributed by atoms with Gasteiger partial charge in [-0.3, -0.25) is 0 Å². The first-order valence-electron chi connectivity index (χ1n) is 5.38. The van der Waals surface area contributed by atoms with Gasteiger partial charge in [0.25, 0.3) is 0 Å². The molecule has 1 rings (SSSR count). The largest absolute Gasteiger partial charge is 0.493 e. The molecule has 0 radical (unpaired) electrons. The van der Waals surface area contributed by atoms with Crippen LogP contribution in [0.15, 0.2) is 12.1 Å². The van der Waals surface area contributed by atoms with Crippen molar-refractivity contribution in [3.63, 3.8) is 0 Å². The van der Waals surface area contributed by atoms with E-state index >= 15 is 0 Å². The number of hydrogen-bond acceptors (Lipinski definition) is 2. The topological polar surface area (TPSA) is 29.5 Å². The lowest BCUT2D eigenvalue weighted by atomic mass is 10.0. The van der Waals surface area contributed by atoms with Crippen molar-refractivity contribution < 1.29 is 9.84 Å². The van der Waals surface area contributed by atoms with Gasteiger partial charge in [0.05, 0.1) is 13.2 Å². The summed E-state index contributed by atoms with van der Waals surface area (Å²) in [7, 11) is 0. The van der Waals surface area contributed by atoms with E-state index in [0.717, 1.165) is 29.0 Å². The second kappa shape index (κ2) is 5.17. The number of aliphatic hydroxyl groups is 1. The Morgan fingerprint density at radius 2 is 1.73 bits per heavy atom. The van der Waals surface area contributed by atoms with Crippen LogP contribution < -0.4 is 4.74 Å². The summed E-state index contributed by atoms with van der Waals surface area (Å²) in [6.07, 6.45) is 0. The van der Waals surface area contributed by atoms with Gasteiger partial charge in [-0.25, -0.2) is 0 Å². The molecule has 0 fully saturated rings. The molecule has 15 heavy (non-hydrogen) atoms. The van der Waals surface area contributed by atoms with Gasteiger partial charge < -0.3 is 9.84 Å². The van der Waals surface area contributed by atoms with Crippen molar-refractivity contribution in [3.8, 4) is 5.75 Å². The number of ether oxygens (including phenoxy) is 1. The normalized spacial score (nSPS) is 10.8. The van der Waals surface area contributed by atoms with Crippen LogP contribution in [0.2, 0.25) is 0 Å². The fraction of sp³-hybridized carbons (Fsp3) is 0.538. The molecule has 0 spiro atoms. The van der Waals surface area contributed by atoms with Gasteiger partial charge in [-0.2, -0.15) is 0 Å². The van der Waals surface area contributed by atoms with Gasteiger partial charge in [-0.05, 0) is 48.6 Å². The monoisotopic (exact) mass is 208 g/mol. The van der Waals surface area contributed by atoms with E-state index in [-0.39, 0.29) is 6.61 Å². The minimum absolute atomic E-state index is 0.0993. The molecule has 0 saturated carbocycles. The molecule has 0 atom stereocenters. The predicted molar refractivity (Wildman–Crippen MR) is 62.2 cm³/mol. The number of hydrogen-bond donors (Lipinski definition) is 1. The van der Waals surface area contributed by atoms with Gasteiger partial charge >= 0.3 is 0 Å². The van der Waals surface area contributed by atoms with E-state index in [0.29, 0.717) is 5.92 Å². The molecule has 0 aliphatic heterocycles. The third-order valence-electron chi connectivity index (χ3n) is 2.41. The molecule has 84 valence electrons. The SMILES string of the molecule is Cc1cc(OCC(C)C)cc(C)c1CO. The molecular formula is C13H20O2. The van der Waals surface area contributed by atoms with Crippen molar-refractivity contribution in [2.24, 2.45) is 5.92 Å². The Morgan fingerprint density at radius 1 is 1.20 bits per heavy atom. The minimum atomic E-state index is 0.0993. The van der Waals surface area contributed by atoms with Gasteiger partial charge in [0.2, 0.25) is 0 Å². The average molecular weight is 208 g/mol. The van der Waals surface area contributed by atoms with Crippen molar-refractivity contribution >= 4 is 0 Å². The summed E-state index contributed by atoms with van der Waals surface area (Å²) < 4.78 is 5.65. The smallest absolute Gasteiger partial charge is 0.119 e. The van der Waals surface area contributed by atoms with Gasteiger partial charge in [0.15, 0.2) is 0 Å². The van der Waals surface area contributed by atoms with Crippen LogP contribution >= 0.6 is 0 Å². The quantitative estimate of drug-likeness (QED) is 0.824. The van der Waals surface area contributed by atoms with Crippen LogP contribution in [0.4, 0.5) is 0 Å². The predicted octanol–water partition coefficient (Wildman–Crippen LogP) is 2.83. The van der Waals surface area contributed by atoms with Gasteiger partial charge in [0, 0.05) is 0 Å². The van der Waals surface area contributed by atoms with E-state index in [1.807, 2.05) is 26.0 Å².